The maximum absolute atomic E-state index is 11.8. The first kappa shape index (κ1) is 13.6. The zero-order valence-corrected chi connectivity index (χ0v) is 10.7. The van der Waals surface area contributed by atoms with Crippen LogP contribution in [0.1, 0.15) is 39.0 Å². The summed E-state index contributed by atoms with van der Waals surface area (Å²) >= 11 is 0. The molecule has 3 N–H and O–H groups in total. The Hall–Kier alpha value is -0.420. The fourth-order valence-corrected chi connectivity index (χ4v) is 2.87. The van der Waals surface area contributed by atoms with Crippen LogP contribution in [0.4, 0.5) is 0 Å². The van der Waals surface area contributed by atoms with Crippen LogP contribution in [-0.2, 0) is 15.6 Å². The molecule has 0 saturated heterocycles. The summed E-state index contributed by atoms with van der Waals surface area (Å²) in [6, 6.07) is 0.290. The number of amides is 1. The van der Waals surface area contributed by atoms with Crippen LogP contribution >= 0.6 is 0 Å². The molecule has 2 unspecified atom stereocenters. The van der Waals surface area contributed by atoms with Gasteiger partial charge in [-0.1, -0.05) is 19.3 Å². The lowest BCUT2D eigenvalue weighted by atomic mass is 9.95. The normalized spacial score (nSPS) is 21.4. The van der Waals surface area contributed by atoms with Crippen molar-refractivity contribution in [2.45, 2.75) is 50.3 Å². The highest BCUT2D eigenvalue weighted by atomic mass is 32.2. The van der Waals surface area contributed by atoms with Crippen LogP contribution < -0.4 is 11.1 Å². The molecule has 4 nitrogen and oxygen atoms in total. The number of nitrogens with two attached hydrogens (primary N) is 1. The third kappa shape index (κ3) is 4.22. The van der Waals surface area contributed by atoms with Crippen LogP contribution in [0.2, 0.25) is 0 Å². The van der Waals surface area contributed by atoms with E-state index in [1.807, 2.05) is 0 Å². The molecule has 16 heavy (non-hydrogen) atoms. The van der Waals surface area contributed by atoms with E-state index in [0.29, 0.717) is 18.3 Å². The zero-order valence-electron chi connectivity index (χ0n) is 9.91. The Balaban J connectivity index is 2.35. The second-order valence-electron chi connectivity index (χ2n) is 4.36. The first-order valence-corrected chi connectivity index (χ1v) is 7.41. The van der Waals surface area contributed by atoms with Crippen molar-refractivity contribution in [1.29, 1.82) is 0 Å². The molecule has 1 aliphatic rings. The topological polar surface area (TPSA) is 72.2 Å². The van der Waals surface area contributed by atoms with Crippen molar-refractivity contribution < 1.29 is 9.00 Å². The minimum absolute atomic E-state index is 0.0846. The molecule has 1 fully saturated rings. The number of nitrogens with one attached hydrogen (secondary N) is 1. The van der Waals surface area contributed by atoms with Gasteiger partial charge in [-0.15, -0.1) is 0 Å². The van der Waals surface area contributed by atoms with Crippen LogP contribution in [0.15, 0.2) is 0 Å². The molecular weight excluding hydrogens is 224 g/mol. The smallest absolute Gasteiger partial charge is 0.235 e. The Morgan fingerprint density at radius 2 is 2.06 bits per heavy atom. The molecule has 1 aliphatic carbocycles. The monoisotopic (exact) mass is 246 g/mol. The minimum Gasteiger partial charge on any atom is -0.352 e. The molecule has 0 aromatic rings. The van der Waals surface area contributed by atoms with Gasteiger partial charge in [-0.25, -0.2) is 0 Å². The molecule has 0 heterocycles. The molecule has 1 rings (SSSR count). The van der Waals surface area contributed by atoms with Gasteiger partial charge in [-0.2, -0.15) is 0 Å². The molecule has 1 amide bonds. The van der Waals surface area contributed by atoms with Gasteiger partial charge < -0.3 is 11.1 Å². The van der Waals surface area contributed by atoms with E-state index in [-0.39, 0.29) is 5.91 Å². The standard InChI is InChI=1S/C11H22N2O2S/c1-9(16(15)8-7-12)11(14)13-10-5-3-2-4-6-10/h9-10H,2-8,12H2,1H3,(H,13,14). The van der Waals surface area contributed by atoms with Crippen molar-refractivity contribution in [2.24, 2.45) is 5.73 Å². The van der Waals surface area contributed by atoms with E-state index in [1.54, 1.807) is 6.92 Å². The Labute approximate surface area is 99.8 Å². The molecular formula is C11H22N2O2S. The average molecular weight is 246 g/mol. The van der Waals surface area contributed by atoms with E-state index in [2.05, 4.69) is 5.32 Å². The van der Waals surface area contributed by atoms with Gasteiger partial charge in [-0.05, 0) is 19.8 Å². The summed E-state index contributed by atoms with van der Waals surface area (Å²) in [5.74, 6) is 0.317. The number of rotatable bonds is 5. The predicted molar refractivity (Wildman–Crippen MR) is 66.5 cm³/mol. The predicted octanol–water partition coefficient (Wildman–Crippen LogP) is 0.531. The van der Waals surface area contributed by atoms with Crippen LogP contribution in [-0.4, -0.2) is 33.7 Å². The van der Waals surface area contributed by atoms with Crippen molar-refractivity contribution in [3.05, 3.63) is 0 Å². The molecule has 0 spiro atoms. The van der Waals surface area contributed by atoms with Crippen molar-refractivity contribution in [2.75, 3.05) is 12.3 Å². The van der Waals surface area contributed by atoms with Gasteiger partial charge in [0.15, 0.2) is 0 Å². The Morgan fingerprint density at radius 3 is 2.62 bits per heavy atom. The number of hydrogen-bond acceptors (Lipinski definition) is 3. The maximum Gasteiger partial charge on any atom is 0.235 e. The molecule has 0 bridgehead atoms. The van der Waals surface area contributed by atoms with Gasteiger partial charge >= 0.3 is 0 Å². The molecule has 2 atom stereocenters. The quantitative estimate of drug-likeness (QED) is 0.743. The van der Waals surface area contributed by atoms with Crippen LogP contribution in [0.5, 0.6) is 0 Å². The number of hydrogen-bond donors (Lipinski definition) is 2. The highest BCUT2D eigenvalue weighted by Crippen LogP contribution is 2.17. The lowest BCUT2D eigenvalue weighted by molar-refractivity contribution is -0.121. The third-order valence-corrected chi connectivity index (χ3v) is 4.67. The summed E-state index contributed by atoms with van der Waals surface area (Å²) in [5.41, 5.74) is 5.33. The zero-order chi connectivity index (χ0) is 12.0. The first-order chi connectivity index (χ1) is 7.65. The van der Waals surface area contributed by atoms with Gasteiger partial charge in [0.25, 0.3) is 0 Å². The summed E-state index contributed by atoms with van der Waals surface area (Å²) in [6.07, 6.45) is 5.75. The van der Waals surface area contributed by atoms with Crippen molar-refractivity contribution in [3.63, 3.8) is 0 Å². The summed E-state index contributed by atoms with van der Waals surface area (Å²) in [4.78, 5) is 11.8. The lowest BCUT2D eigenvalue weighted by Crippen LogP contribution is -2.43. The second kappa shape index (κ2) is 7.01. The summed E-state index contributed by atoms with van der Waals surface area (Å²) in [6.45, 7) is 2.08. The van der Waals surface area contributed by atoms with E-state index in [1.165, 1.54) is 19.3 Å². The van der Waals surface area contributed by atoms with Gasteiger partial charge in [0.1, 0.15) is 5.25 Å². The van der Waals surface area contributed by atoms with Crippen LogP contribution in [0.3, 0.4) is 0 Å². The van der Waals surface area contributed by atoms with Crippen molar-refractivity contribution in [1.82, 2.24) is 5.32 Å². The van der Waals surface area contributed by atoms with Gasteiger partial charge in [0.2, 0.25) is 5.91 Å². The fourth-order valence-electron chi connectivity index (χ4n) is 1.98. The molecule has 0 radical (unpaired) electrons. The largest absolute Gasteiger partial charge is 0.352 e. The van der Waals surface area contributed by atoms with E-state index >= 15 is 0 Å². The average Bonchev–Trinajstić information content (AvgIpc) is 2.29. The lowest BCUT2D eigenvalue weighted by Gasteiger charge is -2.24. The summed E-state index contributed by atoms with van der Waals surface area (Å²) in [5, 5.41) is 2.55. The highest BCUT2D eigenvalue weighted by Gasteiger charge is 2.22. The molecule has 0 aromatic heterocycles. The van der Waals surface area contributed by atoms with Crippen LogP contribution in [0.25, 0.3) is 0 Å². The molecule has 0 aromatic carbocycles. The third-order valence-electron chi connectivity index (χ3n) is 3.03. The van der Waals surface area contributed by atoms with E-state index < -0.39 is 16.0 Å². The Morgan fingerprint density at radius 1 is 1.44 bits per heavy atom. The van der Waals surface area contributed by atoms with Gasteiger partial charge in [-0.3, -0.25) is 9.00 Å². The summed E-state index contributed by atoms with van der Waals surface area (Å²) < 4.78 is 11.6. The molecule has 5 heteroatoms. The number of carbonyl (C=O) groups is 1. The van der Waals surface area contributed by atoms with E-state index in [0.717, 1.165) is 12.8 Å². The SMILES string of the molecule is CC(C(=O)NC1CCCCC1)S(=O)CCN. The van der Waals surface area contributed by atoms with E-state index in [4.69, 9.17) is 5.73 Å². The molecule has 94 valence electrons. The van der Waals surface area contributed by atoms with Gasteiger partial charge in [0, 0.05) is 29.1 Å². The minimum atomic E-state index is -1.14. The summed E-state index contributed by atoms with van der Waals surface area (Å²) in [7, 11) is -1.14. The van der Waals surface area contributed by atoms with Crippen molar-refractivity contribution >= 4 is 16.7 Å². The number of carbonyl (C=O) groups excluding carboxylic acids is 1. The van der Waals surface area contributed by atoms with Crippen LogP contribution in [0, 0.1) is 0 Å². The second-order valence-corrected chi connectivity index (χ2v) is 6.24. The van der Waals surface area contributed by atoms with Gasteiger partial charge in [0.05, 0.1) is 0 Å². The fraction of sp³-hybridized carbons (Fsp3) is 0.909. The highest BCUT2D eigenvalue weighted by molar-refractivity contribution is 7.86. The first-order valence-electron chi connectivity index (χ1n) is 6.02. The maximum atomic E-state index is 11.8. The Kier molecular flexibility index (Phi) is 5.98. The molecule has 0 aliphatic heterocycles. The van der Waals surface area contributed by atoms with E-state index in [9.17, 15) is 9.00 Å². The molecule has 1 saturated carbocycles. The van der Waals surface area contributed by atoms with Crippen molar-refractivity contribution in [3.8, 4) is 0 Å². The Bertz CT molecular complexity index is 252.